The normalized spacial score (nSPS) is 13.8. The van der Waals surface area contributed by atoms with Crippen LogP contribution in [0.15, 0.2) is 72.8 Å². The number of carbonyl (C=O) groups is 2. The van der Waals surface area contributed by atoms with Crippen LogP contribution in [0.2, 0.25) is 0 Å². The maximum atomic E-state index is 12.5. The second-order valence-electron chi connectivity index (χ2n) is 6.22. The van der Waals surface area contributed by atoms with E-state index in [1.807, 2.05) is 54.6 Å². The molecular weight excluding hydrogens is 354 g/mol. The molecule has 0 saturated carbocycles. The van der Waals surface area contributed by atoms with Crippen LogP contribution in [0.25, 0.3) is 11.6 Å². The molecule has 1 aliphatic heterocycles. The number of hydrogen-bond acceptors (Lipinski definition) is 4. The van der Waals surface area contributed by atoms with Crippen molar-refractivity contribution in [3.05, 3.63) is 89.5 Å². The van der Waals surface area contributed by atoms with E-state index in [4.69, 9.17) is 9.47 Å². The third kappa shape index (κ3) is 3.38. The van der Waals surface area contributed by atoms with E-state index in [0.717, 1.165) is 11.1 Å². The summed E-state index contributed by atoms with van der Waals surface area (Å²) in [6.07, 6.45) is 1.79. The van der Waals surface area contributed by atoms with Crippen LogP contribution in [0, 0.1) is 0 Å². The van der Waals surface area contributed by atoms with Gasteiger partial charge in [-0.05, 0) is 36.4 Å². The van der Waals surface area contributed by atoms with Gasteiger partial charge in [-0.25, -0.2) is 4.79 Å². The van der Waals surface area contributed by atoms with Gasteiger partial charge in [0.2, 0.25) is 0 Å². The van der Waals surface area contributed by atoms with Crippen molar-refractivity contribution < 1.29 is 19.1 Å². The Morgan fingerprint density at radius 1 is 0.964 bits per heavy atom. The van der Waals surface area contributed by atoms with Gasteiger partial charge < -0.3 is 14.8 Å². The molecule has 0 spiro atoms. The second kappa shape index (κ2) is 7.40. The molecule has 3 aromatic rings. The van der Waals surface area contributed by atoms with E-state index in [2.05, 4.69) is 5.32 Å². The summed E-state index contributed by atoms with van der Waals surface area (Å²) in [5.74, 6) is 0.684. The van der Waals surface area contributed by atoms with Crippen molar-refractivity contribution in [1.82, 2.24) is 0 Å². The van der Waals surface area contributed by atoms with E-state index >= 15 is 0 Å². The Bertz CT molecular complexity index is 1090. The summed E-state index contributed by atoms with van der Waals surface area (Å²) in [7, 11) is 1.32. The number of esters is 1. The molecule has 0 saturated heterocycles. The maximum Gasteiger partial charge on any atom is 0.337 e. The Morgan fingerprint density at radius 3 is 2.50 bits per heavy atom. The number of rotatable bonds is 4. The first kappa shape index (κ1) is 17.5. The highest BCUT2D eigenvalue weighted by Crippen LogP contribution is 2.36. The van der Waals surface area contributed by atoms with E-state index < -0.39 is 5.97 Å². The molecule has 5 heteroatoms. The quantitative estimate of drug-likeness (QED) is 0.531. The molecule has 0 aromatic heterocycles. The molecule has 3 aromatic carbocycles. The smallest absolute Gasteiger partial charge is 0.337 e. The number of ether oxygens (including phenoxy) is 2. The van der Waals surface area contributed by atoms with Crippen molar-refractivity contribution in [2.24, 2.45) is 0 Å². The predicted octanol–water partition coefficient (Wildman–Crippen LogP) is 4.76. The molecule has 138 valence electrons. The molecule has 0 bridgehead atoms. The van der Waals surface area contributed by atoms with Gasteiger partial charge in [0.05, 0.1) is 12.7 Å². The Balaban J connectivity index is 1.71. The molecule has 0 fully saturated rings. The van der Waals surface area contributed by atoms with Crippen LogP contribution in [-0.2, 0) is 9.53 Å². The first-order valence-electron chi connectivity index (χ1n) is 8.73. The van der Waals surface area contributed by atoms with Crippen molar-refractivity contribution >= 4 is 29.2 Å². The molecule has 1 amide bonds. The van der Waals surface area contributed by atoms with Crippen molar-refractivity contribution in [2.75, 3.05) is 12.4 Å². The number of para-hydroxylation sites is 2. The van der Waals surface area contributed by atoms with E-state index in [1.165, 1.54) is 7.11 Å². The van der Waals surface area contributed by atoms with E-state index in [1.54, 1.807) is 24.3 Å². The minimum Gasteiger partial charge on any atom is -0.465 e. The number of fused-ring (bicyclic) bond motifs is 1. The fourth-order valence-corrected chi connectivity index (χ4v) is 3.05. The second-order valence-corrected chi connectivity index (χ2v) is 6.22. The predicted molar refractivity (Wildman–Crippen MR) is 107 cm³/mol. The van der Waals surface area contributed by atoms with E-state index in [9.17, 15) is 9.59 Å². The summed E-state index contributed by atoms with van der Waals surface area (Å²) in [5.41, 5.74) is 2.99. The van der Waals surface area contributed by atoms with E-state index in [0.29, 0.717) is 28.3 Å². The monoisotopic (exact) mass is 371 g/mol. The molecule has 5 nitrogen and oxygen atoms in total. The van der Waals surface area contributed by atoms with Crippen molar-refractivity contribution in [1.29, 1.82) is 0 Å². The lowest BCUT2D eigenvalue weighted by Gasteiger charge is -2.09. The highest BCUT2D eigenvalue weighted by atomic mass is 16.5. The zero-order chi connectivity index (χ0) is 19.5. The average molecular weight is 371 g/mol. The van der Waals surface area contributed by atoms with E-state index in [-0.39, 0.29) is 5.91 Å². The molecule has 0 atom stereocenters. The number of methoxy groups -OCH3 is 1. The van der Waals surface area contributed by atoms with Gasteiger partial charge in [-0.1, -0.05) is 42.5 Å². The lowest BCUT2D eigenvalue weighted by atomic mass is 10.0. The van der Waals surface area contributed by atoms with Gasteiger partial charge >= 0.3 is 5.97 Å². The van der Waals surface area contributed by atoms with Gasteiger partial charge in [0, 0.05) is 22.4 Å². The molecule has 1 heterocycles. The Hall–Kier alpha value is -3.86. The van der Waals surface area contributed by atoms with Crippen LogP contribution < -0.4 is 10.1 Å². The zero-order valence-corrected chi connectivity index (χ0v) is 15.1. The number of carbonyl (C=O) groups excluding carboxylic acids is 2. The minimum atomic E-state index is -0.448. The first-order chi connectivity index (χ1) is 13.7. The Labute approximate surface area is 162 Å². The largest absolute Gasteiger partial charge is 0.465 e. The highest BCUT2D eigenvalue weighted by molar-refractivity contribution is 6.35. The van der Waals surface area contributed by atoms with Gasteiger partial charge in [0.15, 0.2) is 0 Å². The SMILES string of the molecule is COC(=O)c1ccc2c(c1)NC(=O)/C2=C\c1ccccc1Oc1ccccc1. The van der Waals surface area contributed by atoms with Crippen LogP contribution in [0.5, 0.6) is 11.5 Å². The summed E-state index contributed by atoms with van der Waals surface area (Å²) in [6, 6.07) is 22.0. The van der Waals surface area contributed by atoms with Crippen LogP contribution in [0.3, 0.4) is 0 Å². The first-order valence-corrected chi connectivity index (χ1v) is 8.73. The fourth-order valence-electron chi connectivity index (χ4n) is 3.05. The highest BCUT2D eigenvalue weighted by Gasteiger charge is 2.25. The molecule has 0 unspecified atom stereocenters. The minimum absolute atomic E-state index is 0.230. The molecule has 1 N–H and O–H groups in total. The Kier molecular flexibility index (Phi) is 4.64. The zero-order valence-electron chi connectivity index (χ0n) is 15.1. The van der Waals surface area contributed by atoms with Crippen LogP contribution >= 0.6 is 0 Å². The van der Waals surface area contributed by atoms with Gasteiger partial charge in [0.1, 0.15) is 11.5 Å². The number of hydrogen-bond donors (Lipinski definition) is 1. The average Bonchev–Trinajstić information content (AvgIpc) is 3.04. The third-order valence-electron chi connectivity index (χ3n) is 4.41. The molecule has 0 radical (unpaired) electrons. The van der Waals surface area contributed by atoms with Gasteiger partial charge in [-0.3, -0.25) is 4.79 Å². The third-order valence-corrected chi connectivity index (χ3v) is 4.41. The maximum absolute atomic E-state index is 12.5. The fraction of sp³-hybridized carbons (Fsp3) is 0.0435. The molecule has 28 heavy (non-hydrogen) atoms. The molecular formula is C23H17NO4. The Morgan fingerprint density at radius 2 is 1.71 bits per heavy atom. The summed E-state index contributed by atoms with van der Waals surface area (Å²) >= 11 is 0. The number of benzene rings is 3. The summed E-state index contributed by atoms with van der Waals surface area (Å²) < 4.78 is 10.7. The summed E-state index contributed by atoms with van der Waals surface area (Å²) in [4.78, 5) is 24.2. The molecule has 1 aliphatic rings. The standard InChI is InChI=1S/C23H17NO4/c1-27-23(26)16-11-12-18-19(22(25)24-20(18)14-16)13-15-7-5-6-10-21(15)28-17-8-3-2-4-9-17/h2-14H,1H3,(H,24,25)/b19-13-. The lowest BCUT2D eigenvalue weighted by molar-refractivity contribution is -0.110. The van der Waals surface area contributed by atoms with Crippen molar-refractivity contribution in [3.8, 4) is 11.5 Å². The summed E-state index contributed by atoms with van der Waals surface area (Å²) in [6.45, 7) is 0. The number of anilines is 1. The number of amides is 1. The van der Waals surface area contributed by atoms with Gasteiger partial charge in [-0.2, -0.15) is 0 Å². The van der Waals surface area contributed by atoms with Gasteiger partial charge in [-0.15, -0.1) is 0 Å². The summed E-state index contributed by atoms with van der Waals surface area (Å²) in [5, 5.41) is 2.80. The van der Waals surface area contributed by atoms with Gasteiger partial charge in [0.25, 0.3) is 5.91 Å². The van der Waals surface area contributed by atoms with Crippen LogP contribution in [0.1, 0.15) is 21.5 Å². The number of nitrogens with one attached hydrogen (secondary N) is 1. The topological polar surface area (TPSA) is 64.6 Å². The van der Waals surface area contributed by atoms with Crippen LogP contribution in [0.4, 0.5) is 5.69 Å². The molecule has 4 rings (SSSR count). The molecule has 0 aliphatic carbocycles. The van der Waals surface area contributed by atoms with Crippen molar-refractivity contribution in [2.45, 2.75) is 0 Å². The lowest BCUT2D eigenvalue weighted by Crippen LogP contribution is -2.04. The van der Waals surface area contributed by atoms with Crippen molar-refractivity contribution in [3.63, 3.8) is 0 Å². The van der Waals surface area contributed by atoms with Crippen LogP contribution in [-0.4, -0.2) is 19.0 Å².